The molecule has 0 amide bonds. The minimum Gasteiger partial charge on any atom is -0.493 e. The van der Waals surface area contributed by atoms with Crippen molar-refractivity contribution in [1.82, 2.24) is 9.80 Å². The molecule has 0 spiro atoms. The van der Waals surface area contributed by atoms with Crippen molar-refractivity contribution in [2.75, 3.05) is 32.8 Å². The van der Waals surface area contributed by atoms with Crippen molar-refractivity contribution >= 4 is 0 Å². The Hall–Kier alpha value is -1.06. The van der Waals surface area contributed by atoms with Crippen molar-refractivity contribution in [2.24, 2.45) is 0 Å². The Labute approximate surface area is 154 Å². The van der Waals surface area contributed by atoms with Gasteiger partial charge in [-0.2, -0.15) is 0 Å². The number of nitrogens with zero attached hydrogens (tertiary/aromatic N) is 2. The molecule has 3 heteroatoms. The van der Waals surface area contributed by atoms with E-state index in [2.05, 4.69) is 34.9 Å². The highest BCUT2D eigenvalue weighted by Crippen LogP contribution is 2.28. The van der Waals surface area contributed by atoms with Gasteiger partial charge in [0.25, 0.3) is 0 Å². The molecule has 0 unspecified atom stereocenters. The van der Waals surface area contributed by atoms with Crippen LogP contribution in [0.5, 0.6) is 5.75 Å². The molecule has 3 nitrogen and oxygen atoms in total. The van der Waals surface area contributed by atoms with E-state index in [0.717, 1.165) is 31.9 Å². The molecule has 0 aromatic heterocycles. The molecule has 0 atom stereocenters. The molecule has 2 saturated heterocycles. The van der Waals surface area contributed by atoms with Gasteiger partial charge in [-0.3, -0.25) is 9.80 Å². The van der Waals surface area contributed by atoms with Crippen molar-refractivity contribution in [2.45, 2.75) is 71.4 Å². The first-order valence-corrected chi connectivity index (χ1v) is 10.5. The minimum atomic E-state index is 0.844. The number of likely N-dealkylation sites (tertiary alicyclic amines) is 2. The van der Waals surface area contributed by atoms with Gasteiger partial charge in [0.1, 0.15) is 5.75 Å². The topological polar surface area (TPSA) is 15.7 Å². The zero-order chi connectivity index (χ0) is 17.3. The lowest BCUT2D eigenvalue weighted by Gasteiger charge is -2.31. The van der Waals surface area contributed by atoms with Crippen LogP contribution in [-0.2, 0) is 13.1 Å². The van der Waals surface area contributed by atoms with Crippen LogP contribution >= 0.6 is 0 Å². The average molecular weight is 345 g/mol. The van der Waals surface area contributed by atoms with Gasteiger partial charge in [-0.1, -0.05) is 38.3 Å². The van der Waals surface area contributed by atoms with Crippen molar-refractivity contribution in [3.63, 3.8) is 0 Å². The van der Waals surface area contributed by atoms with Crippen LogP contribution < -0.4 is 4.74 Å². The highest BCUT2D eigenvalue weighted by Gasteiger charge is 2.18. The molecule has 1 aromatic carbocycles. The van der Waals surface area contributed by atoms with Crippen LogP contribution in [0.4, 0.5) is 0 Å². The maximum atomic E-state index is 6.20. The standard InChI is InChI=1S/C22H36N2O/c1-2-3-17-25-22-12-10-11-20(18-23-13-6-4-7-14-23)21(22)19-24-15-8-5-9-16-24/h10-12H,2-9,13-19H2,1H3. The highest BCUT2D eigenvalue weighted by atomic mass is 16.5. The first kappa shape index (κ1) is 18.7. The predicted molar refractivity (Wildman–Crippen MR) is 105 cm³/mol. The number of hydrogen-bond acceptors (Lipinski definition) is 3. The number of benzene rings is 1. The fourth-order valence-electron chi connectivity index (χ4n) is 4.10. The van der Waals surface area contributed by atoms with E-state index in [9.17, 15) is 0 Å². The quantitative estimate of drug-likeness (QED) is 0.628. The van der Waals surface area contributed by atoms with E-state index in [4.69, 9.17) is 4.74 Å². The molecule has 140 valence electrons. The van der Waals surface area contributed by atoms with Crippen LogP contribution in [0.3, 0.4) is 0 Å². The summed E-state index contributed by atoms with van der Waals surface area (Å²) in [7, 11) is 0. The van der Waals surface area contributed by atoms with E-state index in [1.54, 1.807) is 0 Å². The van der Waals surface area contributed by atoms with Gasteiger partial charge in [-0.15, -0.1) is 0 Å². The lowest BCUT2D eigenvalue weighted by molar-refractivity contribution is 0.205. The third-order valence-electron chi connectivity index (χ3n) is 5.66. The third kappa shape index (κ3) is 5.72. The van der Waals surface area contributed by atoms with Crippen LogP contribution in [0.1, 0.15) is 69.4 Å². The summed E-state index contributed by atoms with van der Waals surface area (Å²) in [5.41, 5.74) is 2.94. The van der Waals surface area contributed by atoms with Crippen molar-refractivity contribution < 1.29 is 4.74 Å². The minimum absolute atomic E-state index is 0.844. The second kappa shape index (κ2) is 10.2. The monoisotopic (exact) mass is 344 g/mol. The summed E-state index contributed by atoms with van der Waals surface area (Å²) >= 11 is 0. The second-order valence-corrected chi connectivity index (χ2v) is 7.77. The summed E-state index contributed by atoms with van der Waals surface area (Å²) in [6.45, 7) is 10.2. The van der Waals surface area contributed by atoms with Gasteiger partial charge in [0, 0.05) is 18.7 Å². The lowest BCUT2D eigenvalue weighted by Crippen LogP contribution is -2.32. The summed E-state index contributed by atoms with van der Waals surface area (Å²) in [6, 6.07) is 6.72. The number of hydrogen-bond donors (Lipinski definition) is 0. The Kier molecular flexibility index (Phi) is 7.62. The Morgan fingerprint density at radius 1 is 0.840 bits per heavy atom. The van der Waals surface area contributed by atoms with Gasteiger partial charge >= 0.3 is 0 Å². The summed E-state index contributed by atoms with van der Waals surface area (Å²) in [4.78, 5) is 5.26. The molecule has 2 fully saturated rings. The highest BCUT2D eigenvalue weighted by molar-refractivity contribution is 5.40. The van der Waals surface area contributed by atoms with E-state index in [0.29, 0.717) is 0 Å². The maximum Gasteiger partial charge on any atom is 0.124 e. The van der Waals surface area contributed by atoms with Gasteiger partial charge < -0.3 is 4.74 Å². The van der Waals surface area contributed by atoms with Crippen molar-refractivity contribution in [1.29, 1.82) is 0 Å². The largest absolute Gasteiger partial charge is 0.493 e. The maximum absolute atomic E-state index is 6.20. The normalized spacial score (nSPS) is 19.9. The van der Waals surface area contributed by atoms with Gasteiger partial charge in [0.05, 0.1) is 6.61 Å². The summed E-state index contributed by atoms with van der Waals surface area (Å²) in [5, 5.41) is 0. The number of unbranched alkanes of at least 4 members (excludes halogenated alkanes) is 1. The Morgan fingerprint density at radius 2 is 1.48 bits per heavy atom. The Morgan fingerprint density at radius 3 is 2.12 bits per heavy atom. The average Bonchev–Trinajstić information content (AvgIpc) is 2.66. The SMILES string of the molecule is CCCCOc1cccc(CN2CCCCC2)c1CN1CCCCC1. The van der Waals surface area contributed by atoms with E-state index < -0.39 is 0 Å². The lowest BCUT2D eigenvalue weighted by atomic mass is 10.0. The van der Waals surface area contributed by atoms with E-state index >= 15 is 0 Å². The summed E-state index contributed by atoms with van der Waals surface area (Å²) in [5.74, 6) is 1.13. The van der Waals surface area contributed by atoms with Crippen LogP contribution in [0.15, 0.2) is 18.2 Å². The van der Waals surface area contributed by atoms with Gasteiger partial charge in [-0.25, -0.2) is 0 Å². The molecule has 2 heterocycles. The molecule has 2 aliphatic heterocycles. The molecule has 0 bridgehead atoms. The fraction of sp³-hybridized carbons (Fsp3) is 0.727. The molecule has 2 aliphatic rings. The van der Waals surface area contributed by atoms with Crippen LogP contribution in [0.25, 0.3) is 0 Å². The van der Waals surface area contributed by atoms with E-state index in [1.807, 2.05) is 0 Å². The zero-order valence-electron chi connectivity index (χ0n) is 16.1. The van der Waals surface area contributed by atoms with Gasteiger partial charge in [0.2, 0.25) is 0 Å². The molecule has 3 rings (SSSR count). The fourth-order valence-corrected chi connectivity index (χ4v) is 4.10. The molecular weight excluding hydrogens is 308 g/mol. The molecular formula is C22H36N2O. The van der Waals surface area contributed by atoms with Crippen molar-refractivity contribution in [3.8, 4) is 5.75 Å². The molecule has 0 aliphatic carbocycles. The molecule has 0 saturated carbocycles. The van der Waals surface area contributed by atoms with Gasteiger partial charge in [0.15, 0.2) is 0 Å². The van der Waals surface area contributed by atoms with Crippen LogP contribution in [0, 0.1) is 0 Å². The molecule has 0 radical (unpaired) electrons. The summed E-state index contributed by atoms with van der Waals surface area (Å²) < 4.78 is 6.20. The smallest absolute Gasteiger partial charge is 0.124 e. The first-order chi connectivity index (χ1) is 12.4. The Bertz CT molecular complexity index is 505. The van der Waals surface area contributed by atoms with E-state index in [-0.39, 0.29) is 0 Å². The van der Waals surface area contributed by atoms with Crippen molar-refractivity contribution in [3.05, 3.63) is 29.3 Å². The Balaban J connectivity index is 1.74. The summed E-state index contributed by atoms with van der Waals surface area (Å²) in [6.07, 6.45) is 10.5. The third-order valence-corrected chi connectivity index (χ3v) is 5.66. The predicted octanol–water partition coefficient (Wildman–Crippen LogP) is 4.84. The van der Waals surface area contributed by atoms with Crippen LogP contribution in [0.2, 0.25) is 0 Å². The molecule has 25 heavy (non-hydrogen) atoms. The van der Waals surface area contributed by atoms with Gasteiger partial charge in [-0.05, 0) is 69.9 Å². The number of ether oxygens (including phenoxy) is 1. The number of piperidine rings is 2. The van der Waals surface area contributed by atoms with E-state index in [1.165, 1.54) is 82.3 Å². The number of rotatable bonds is 8. The first-order valence-electron chi connectivity index (χ1n) is 10.5. The van der Waals surface area contributed by atoms with Crippen LogP contribution in [-0.4, -0.2) is 42.6 Å². The molecule has 0 N–H and O–H groups in total. The second-order valence-electron chi connectivity index (χ2n) is 7.77. The molecule has 1 aromatic rings. The zero-order valence-corrected chi connectivity index (χ0v) is 16.1.